The van der Waals surface area contributed by atoms with Crippen molar-refractivity contribution in [3.63, 3.8) is 0 Å². The Balaban J connectivity index is 2.28. The minimum Gasteiger partial charge on any atom is -0.484 e. The maximum atomic E-state index is 11.6. The summed E-state index contributed by atoms with van der Waals surface area (Å²) in [5.41, 5.74) is 6.28. The second-order valence-electron chi connectivity index (χ2n) is 4.36. The van der Waals surface area contributed by atoms with E-state index in [4.69, 9.17) is 22.7 Å². The molecule has 110 valence electrons. The fourth-order valence-electron chi connectivity index (χ4n) is 1.45. The molecular formula is C14H20N2O2S2. The van der Waals surface area contributed by atoms with E-state index in [1.807, 2.05) is 0 Å². The van der Waals surface area contributed by atoms with Crippen LogP contribution in [-0.2, 0) is 4.79 Å². The van der Waals surface area contributed by atoms with E-state index in [9.17, 15) is 4.79 Å². The van der Waals surface area contributed by atoms with Gasteiger partial charge >= 0.3 is 0 Å². The number of amides is 1. The van der Waals surface area contributed by atoms with E-state index in [1.54, 1.807) is 36.0 Å². The summed E-state index contributed by atoms with van der Waals surface area (Å²) in [6, 6.07) is 7.04. The Morgan fingerprint density at radius 3 is 2.65 bits per heavy atom. The number of hydrogen-bond acceptors (Lipinski definition) is 4. The second-order valence-corrected chi connectivity index (χ2v) is 6.08. The van der Waals surface area contributed by atoms with Crippen LogP contribution in [0.25, 0.3) is 0 Å². The number of carbonyl (C=O) groups excluding carboxylic acids is 1. The van der Waals surface area contributed by atoms with Gasteiger partial charge in [-0.25, -0.2) is 0 Å². The minimum atomic E-state index is -0.114. The molecular weight excluding hydrogens is 292 g/mol. The molecule has 0 saturated heterocycles. The van der Waals surface area contributed by atoms with E-state index in [0.717, 1.165) is 12.0 Å². The average molecular weight is 312 g/mol. The smallest absolute Gasteiger partial charge is 0.257 e. The highest BCUT2D eigenvalue weighted by atomic mass is 32.2. The lowest BCUT2D eigenvalue weighted by Crippen LogP contribution is -2.30. The van der Waals surface area contributed by atoms with Crippen molar-refractivity contribution in [1.29, 1.82) is 0 Å². The summed E-state index contributed by atoms with van der Waals surface area (Å²) < 4.78 is 5.39. The first-order chi connectivity index (χ1) is 9.52. The van der Waals surface area contributed by atoms with Gasteiger partial charge in [0.15, 0.2) is 6.61 Å². The predicted octanol–water partition coefficient (Wildman–Crippen LogP) is 1.96. The van der Waals surface area contributed by atoms with Gasteiger partial charge in [0.2, 0.25) is 0 Å². The van der Waals surface area contributed by atoms with Gasteiger partial charge in [0.25, 0.3) is 5.91 Å². The fraction of sp³-hybridized carbons (Fsp3) is 0.429. The summed E-state index contributed by atoms with van der Waals surface area (Å²) >= 11 is 6.65. The molecule has 0 fully saturated rings. The second kappa shape index (κ2) is 8.81. The highest BCUT2D eigenvalue weighted by Gasteiger charge is 2.04. The third-order valence-corrected chi connectivity index (χ3v) is 4.06. The van der Waals surface area contributed by atoms with Gasteiger partial charge in [-0.05, 0) is 36.9 Å². The van der Waals surface area contributed by atoms with E-state index in [1.165, 1.54) is 0 Å². The predicted molar refractivity (Wildman–Crippen MR) is 88.4 cm³/mol. The first-order valence-electron chi connectivity index (χ1n) is 6.35. The van der Waals surface area contributed by atoms with Crippen molar-refractivity contribution >= 4 is 34.9 Å². The molecule has 3 N–H and O–H groups in total. The van der Waals surface area contributed by atoms with Crippen LogP contribution >= 0.6 is 24.0 Å². The highest BCUT2D eigenvalue weighted by molar-refractivity contribution is 7.99. The molecule has 20 heavy (non-hydrogen) atoms. The van der Waals surface area contributed by atoms with Crippen LogP contribution in [0.15, 0.2) is 24.3 Å². The molecule has 0 radical (unpaired) electrons. The highest BCUT2D eigenvalue weighted by Crippen LogP contribution is 2.12. The third kappa shape index (κ3) is 6.25. The maximum Gasteiger partial charge on any atom is 0.257 e. The van der Waals surface area contributed by atoms with Crippen LogP contribution in [0.2, 0.25) is 0 Å². The third-order valence-electron chi connectivity index (χ3n) is 2.78. The van der Waals surface area contributed by atoms with Gasteiger partial charge in [-0.2, -0.15) is 11.8 Å². The molecule has 0 aliphatic carbocycles. The van der Waals surface area contributed by atoms with Crippen molar-refractivity contribution in [2.24, 2.45) is 5.73 Å². The van der Waals surface area contributed by atoms with Crippen molar-refractivity contribution in [2.75, 3.05) is 19.4 Å². The zero-order valence-corrected chi connectivity index (χ0v) is 13.4. The van der Waals surface area contributed by atoms with Crippen LogP contribution in [0, 0.1) is 0 Å². The molecule has 0 heterocycles. The van der Waals surface area contributed by atoms with Crippen LogP contribution in [0.5, 0.6) is 5.75 Å². The fourth-order valence-corrected chi connectivity index (χ4v) is 1.94. The first-order valence-corrected chi connectivity index (χ1v) is 8.04. The Bertz CT molecular complexity index is 449. The number of carbonyl (C=O) groups is 1. The Hall–Kier alpha value is -1.27. The van der Waals surface area contributed by atoms with Crippen molar-refractivity contribution < 1.29 is 9.53 Å². The number of benzene rings is 1. The number of ether oxygens (including phenoxy) is 1. The van der Waals surface area contributed by atoms with Gasteiger partial charge in [-0.3, -0.25) is 4.79 Å². The van der Waals surface area contributed by atoms with Gasteiger partial charge < -0.3 is 15.8 Å². The summed E-state index contributed by atoms with van der Waals surface area (Å²) in [6.07, 6.45) is 3.02. The Morgan fingerprint density at radius 2 is 2.10 bits per heavy atom. The molecule has 4 nitrogen and oxygen atoms in total. The van der Waals surface area contributed by atoms with Crippen LogP contribution in [0.4, 0.5) is 0 Å². The van der Waals surface area contributed by atoms with Gasteiger partial charge in [0, 0.05) is 17.4 Å². The minimum absolute atomic E-state index is 0.0140. The Kier molecular flexibility index (Phi) is 7.40. The van der Waals surface area contributed by atoms with E-state index >= 15 is 0 Å². The van der Waals surface area contributed by atoms with Crippen molar-refractivity contribution in [3.05, 3.63) is 29.8 Å². The lowest BCUT2D eigenvalue weighted by Gasteiger charge is -2.10. The lowest BCUT2D eigenvalue weighted by atomic mass is 10.2. The number of nitrogens with two attached hydrogens (primary N) is 1. The molecule has 0 spiro atoms. The lowest BCUT2D eigenvalue weighted by molar-refractivity contribution is -0.123. The standard InChI is InChI=1S/C14H20N2O2S2/c1-10(20-2)7-8-16-13(17)9-18-12-5-3-11(4-6-12)14(15)19/h3-6,10H,7-9H2,1-2H3,(H2,15,19)(H,16,17). The van der Waals surface area contributed by atoms with Gasteiger partial charge in [0.05, 0.1) is 0 Å². The summed E-state index contributed by atoms with van der Waals surface area (Å²) in [7, 11) is 0. The topological polar surface area (TPSA) is 64.3 Å². The molecule has 0 aliphatic rings. The number of thiocarbonyl (C=S) groups is 1. The van der Waals surface area contributed by atoms with Crippen molar-refractivity contribution in [2.45, 2.75) is 18.6 Å². The van der Waals surface area contributed by atoms with Gasteiger partial charge in [-0.1, -0.05) is 19.1 Å². The van der Waals surface area contributed by atoms with Crippen LogP contribution in [-0.4, -0.2) is 35.6 Å². The van der Waals surface area contributed by atoms with E-state index in [0.29, 0.717) is 22.5 Å². The molecule has 0 bridgehead atoms. The van der Waals surface area contributed by atoms with E-state index in [-0.39, 0.29) is 12.5 Å². The summed E-state index contributed by atoms with van der Waals surface area (Å²) in [6.45, 7) is 2.82. The monoisotopic (exact) mass is 312 g/mol. The molecule has 1 atom stereocenters. The quantitative estimate of drug-likeness (QED) is 0.718. The zero-order chi connectivity index (χ0) is 15.0. The Morgan fingerprint density at radius 1 is 1.45 bits per heavy atom. The average Bonchev–Trinajstić information content (AvgIpc) is 2.45. The maximum absolute atomic E-state index is 11.6. The Labute approximate surface area is 129 Å². The van der Waals surface area contributed by atoms with Crippen LogP contribution in [0.3, 0.4) is 0 Å². The SMILES string of the molecule is CSC(C)CCNC(=O)COc1ccc(C(N)=S)cc1. The molecule has 1 rings (SSSR count). The van der Waals surface area contributed by atoms with Crippen LogP contribution in [0.1, 0.15) is 18.9 Å². The largest absolute Gasteiger partial charge is 0.484 e. The number of nitrogens with one attached hydrogen (secondary N) is 1. The van der Waals surface area contributed by atoms with Crippen LogP contribution < -0.4 is 15.8 Å². The number of hydrogen-bond donors (Lipinski definition) is 2. The normalized spacial score (nSPS) is 11.7. The molecule has 1 aromatic rings. The number of rotatable bonds is 8. The summed E-state index contributed by atoms with van der Waals surface area (Å²) in [5.74, 6) is 0.509. The molecule has 1 unspecified atom stereocenters. The zero-order valence-electron chi connectivity index (χ0n) is 11.7. The van der Waals surface area contributed by atoms with Gasteiger partial charge in [0.1, 0.15) is 10.7 Å². The molecule has 0 aliphatic heterocycles. The summed E-state index contributed by atoms with van der Waals surface area (Å²) in [5, 5.41) is 3.37. The van der Waals surface area contributed by atoms with Crippen molar-refractivity contribution in [3.8, 4) is 5.75 Å². The molecule has 0 saturated carbocycles. The van der Waals surface area contributed by atoms with Gasteiger partial charge in [-0.15, -0.1) is 0 Å². The first kappa shape index (κ1) is 16.8. The molecule has 6 heteroatoms. The van der Waals surface area contributed by atoms with E-state index < -0.39 is 0 Å². The number of thioether (sulfide) groups is 1. The van der Waals surface area contributed by atoms with E-state index in [2.05, 4.69) is 18.5 Å². The summed E-state index contributed by atoms with van der Waals surface area (Å²) in [4.78, 5) is 11.9. The molecule has 0 aromatic heterocycles. The van der Waals surface area contributed by atoms with Crippen molar-refractivity contribution in [1.82, 2.24) is 5.32 Å². The molecule has 1 aromatic carbocycles. The molecule has 1 amide bonds.